The number of rotatable bonds is 0. The van der Waals surface area contributed by atoms with Gasteiger partial charge >= 0.3 is 0 Å². The third kappa shape index (κ3) is 0.916. The normalized spacial score (nSPS) is 23.2. The smallest absolute Gasteiger partial charge is 0.0332 e. The average Bonchev–Trinajstić information content (AvgIpc) is 2.59. The van der Waals surface area contributed by atoms with Crippen LogP contribution in [0.5, 0.6) is 0 Å². The van der Waals surface area contributed by atoms with E-state index in [9.17, 15) is 0 Å². The molecule has 1 saturated heterocycles. The first-order valence-corrected chi connectivity index (χ1v) is 3.49. The third-order valence-electron chi connectivity index (χ3n) is 1.80. The van der Waals surface area contributed by atoms with Gasteiger partial charge < -0.3 is 0 Å². The molecule has 2 aliphatic rings. The monoisotopic (exact) mass is 134 g/mol. The van der Waals surface area contributed by atoms with Crippen LogP contribution in [0, 0.1) is 0 Å². The predicted molar refractivity (Wildman–Crippen MR) is 41.3 cm³/mol. The van der Waals surface area contributed by atoms with Crippen molar-refractivity contribution < 1.29 is 0 Å². The van der Waals surface area contributed by atoms with Crippen molar-refractivity contribution in [3.63, 3.8) is 0 Å². The van der Waals surface area contributed by atoms with Crippen molar-refractivity contribution in [2.45, 2.75) is 0 Å². The van der Waals surface area contributed by atoms with Crippen molar-refractivity contribution in [3.8, 4) is 0 Å². The highest BCUT2D eigenvalue weighted by Crippen LogP contribution is 2.13. The highest BCUT2D eigenvalue weighted by molar-refractivity contribution is 5.44. The molecule has 1 aliphatic carbocycles. The predicted octanol–water partition coefficient (Wildman–Crippen LogP) is 0.517. The molecule has 0 aromatic heterocycles. The van der Waals surface area contributed by atoms with Gasteiger partial charge in [-0.2, -0.15) is 0 Å². The van der Waals surface area contributed by atoms with Gasteiger partial charge in [-0.05, 0) is 11.1 Å². The molecule has 0 spiro atoms. The van der Waals surface area contributed by atoms with Gasteiger partial charge in [0.25, 0.3) is 0 Å². The van der Waals surface area contributed by atoms with Crippen LogP contribution in [0.25, 0.3) is 0 Å². The van der Waals surface area contributed by atoms with Gasteiger partial charge in [-0.25, -0.2) is 0 Å². The lowest BCUT2D eigenvalue weighted by Crippen LogP contribution is -2.21. The van der Waals surface area contributed by atoms with E-state index < -0.39 is 0 Å². The molecule has 2 nitrogen and oxygen atoms in total. The van der Waals surface area contributed by atoms with E-state index in [0.717, 1.165) is 13.1 Å². The molecule has 0 aromatic carbocycles. The molecule has 2 N–H and O–H groups in total. The number of allylic oxidation sites excluding steroid dienone is 5. The summed E-state index contributed by atoms with van der Waals surface area (Å²) >= 11 is 0. The van der Waals surface area contributed by atoms with E-state index >= 15 is 0 Å². The van der Waals surface area contributed by atoms with E-state index in [1.807, 2.05) is 0 Å². The largest absolute Gasteiger partial charge is 0.253 e. The summed E-state index contributed by atoms with van der Waals surface area (Å²) in [6.45, 7) is 1.95. The van der Waals surface area contributed by atoms with E-state index in [4.69, 9.17) is 0 Å². The van der Waals surface area contributed by atoms with Crippen LogP contribution in [0.3, 0.4) is 0 Å². The molecule has 0 radical (unpaired) electrons. The molecular formula is C8H10N2. The molecular weight excluding hydrogens is 124 g/mol. The minimum Gasteiger partial charge on any atom is -0.253 e. The van der Waals surface area contributed by atoms with Gasteiger partial charge in [-0.1, -0.05) is 24.3 Å². The summed E-state index contributed by atoms with van der Waals surface area (Å²) in [6, 6.07) is 0. The van der Waals surface area contributed by atoms with Crippen molar-refractivity contribution >= 4 is 0 Å². The zero-order valence-corrected chi connectivity index (χ0v) is 5.72. The second-order valence-electron chi connectivity index (χ2n) is 2.48. The molecule has 0 atom stereocenters. The fraction of sp³-hybridized carbons (Fsp3) is 0.250. The van der Waals surface area contributed by atoms with Crippen molar-refractivity contribution in [2.24, 2.45) is 0 Å². The Morgan fingerprint density at radius 1 is 1.00 bits per heavy atom. The maximum atomic E-state index is 3.07. The number of nitrogens with one attached hydrogen (secondary N) is 2. The van der Waals surface area contributed by atoms with Gasteiger partial charge in [0.15, 0.2) is 0 Å². The highest BCUT2D eigenvalue weighted by Gasteiger charge is 2.08. The second-order valence-corrected chi connectivity index (χ2v) is 2.48. The molecule has 0 bridgehead atoms. The van der Waals surface area contributed by atoms with Gasteiger partial charge in [0.1, 0.15) is 0 Å². The maximum Gasteiger partial charge on any atom is 0.0332 e. The Kier molecular flexibility index (Phi) is 1.42. The molecule has 10 heavy (non-hydrogen) atoms. The van der Waals surface area contributed by atoms with Gasteiger partial charge in [-0.3, -0.25) is 10.9 Å². The molecule has 52 valence electrons. The summed E-state index contributed by atoms with van der Waals surface area (Å²) < 4.78 is 0. The van der Waals surface area contributed by atoms with Crippen LogP contribution in [0.1, 0.15) is 0 Å². The van der Waals surface area contributed by atoms with Crippen LogP contribution in [0.2, 0.25) is 0 Å². The van der Waals surface area contributed by atoms with Crippen molar-refractivity contribution in [1.82, 2.24) is 10.9 Å². The summed E-state index contributed by atoms with van der Waals surface area (Å²) in [6.07, 6.45) is 8.43. The minimum atomic E-state index is 0.976. The Morgan fingerprint density at radius 3 is 2.20 bits per heavy atom. The lowest BCUT2D eigenvalue weighted by Gasteiger charge is -1.94. The maximum absolute atomic E-state index is 3.07. The number of hydrogen-bond donors (Lipinski definition) is 2. The highest BCUT2D eigenvalue weighted by atomic mass is 15.4. The molecule has 2 heteroatoms. The summed E-state index contributed by atoms with van der Waals surface area (Å²) in [5.41, 5.74) is 8.96. The molecule has 1 heterocycles. The van der Waals surface area contributed by atoms with E-state index in [1.54, 1.807) is 0 Å². The van der Waals surface area contributed by atoms with Crippen molar-refractivity contribution in [3.05, 3.63) is 35.5 Å². The number of hydrogen-bond acceptors (Lipinski definition) is 2. The van der Waals surface area contributed by atoms with Gasteiger partial charge in [0.05, 0.1) is 0 Å². The van der Waals surface area contributed by atoms with Crippen LogP contribution in [-0.2, 0) is 0 Å². The molecule has 0 saturated carbocycles. The molecule has 1 fully saturated rings. The molecule has 2 rings (SSSR count). The second kappa shape index (κ2) is 2.40. The van der Waals surface area contributed by atoms with Crippen LogP contribution in [-0.4, -0.2) is 13.1 Å². The van der Waals surface area contributed by atoms with Gasteiger partial charge in [0.2, 0.25) is 0 Å². The third-order valence-corrected chi connectivity index (χ3v) is 1.80. The Bertz CT molecular complexity index is 201. The molecule has 1 aliphatic heterocycles. The Balaban J connectivity index is 2.26. The lowest BCUT2D eigenvalue weighted by molar-refractivity contribution is 0.689. The topological polar surface area (TPSA) is 24.1 Å². The van der Waals surface area contributed by atoms with Crippen LogP contribution < -0.4 is 10.9 Å². The van der Waals surface area contributed by atoms with Gasteiger partial charge in [0, 0.05) is 13.1 Å². The first-order chi connectivity index (χ1) is 4.97. The first kappa shape index (κ1) is 5.89. The summed E-state index contributed by atoms with van der Waals surface area (Å²) in [5, 5.41) is 0. The molecule has 0 aromatic rings. The van der Waals surface area contributed by atoms with Crippen LogP contribution in [0.15, 0.2) is 35.5 Å². The SMILES string of the molecule is C1=CC(=C2CNNC2)C=C1. The summed E-state index contributed by atoms with van der Waals surface area (Å²) in [4.78, 5) is 0. The first-order valence-electron chi connectivity index (χ1n) is 3.49. The summed E-state index contributed by atoms with van der Waals surface area (Å²) in [7, 11) is 0. The fourth-order valence-electron chi connectivity index (χ4n) is 1.21. The number of hydrazine groups is 1. The van der Waals surface area contributed by atoms with E-state index in [2.05, 4.69) is 35.2 Å². The Labute approximate surface area is 60.3 Å². The lowest BCUT2D eigenvalue weighted by atomic mass is 10.1. The van der Waals surface area contributed by atoms with Crippen molar-refractivity contribution in [2.75, 3.05) is 13.1 Å². The van der Waals surface area contributed by atoms with E-state index in [-0.39, 0.29) is 0 Å². The van der Waals surface area contributed by atoms with Crippen molar-refractivity contribution in [1.29, 1.82) is 0 Å². The molecule has 0 amide bonds. The Morgan fingerprint density at radius 2 is 1.60 bits per heavy atom. The Hall–Kier alpha value is -0.860. The van der Waals surface area contributed by atoms with Crippen LogP contribution >= 0.6 is 0 Å². The zero-order valence-electron chi connectivity index (χ0n) is 5.72. The standard InChI is InChI=1S/C8H10N2/c1-2-4-7(3-1)8-5-9-10-6-8/h1-4,9-10H,5-6H2. The minimum absolute atomic E-state index is 0.976. The quantitative estimate of drug-likeness (QED) is 0.504. The van der Waals surface area contributed by atoms with E-state index in [1.165, 1.54) is 11.1 Å². The van der Waals surface area contributed by atoms with Crippen LogP contribution in [0.4, 0.5) is 0 Å². The average molecular weight is 134 g/mol. The van der Waals surface area contributed by atoms with Gasteiger partial charge in [-0.15, -0.1) is 0 Å². The molecule has 0 unspecified atom stereocenters. The van der Waals surface area contributed by atoms with E-state index in [0.29, 0.717) is 0 Å². The zero-order chi connectivity index (χ0) is 6.81. The summed E-state index contributed by atoms with van der Waals surface area (Å²) in [5.74, 6) is 0. The fourth-order valence-corrected chi connectivity index (χ4v) is 1.21.